The van der Waals surface area contributed by atoms with E-state index in [-0.39, 0.29) is 20.8 Å². The number of halogens is 2. The van der Waals surface area contributed by atoms with Gasteiger partial charge >= 0.3 is 5.97 Å². The normalized spacial score (nSPS) is 10.9. The van der Waals surface area contributed by atoms with Crippen LogP contribution in [0.4, 0.5) is 9.39 Å². The molecule has 1 N–H and O–H groups in total. The maximum atomic E-state index is 14.1. The highest BCUT2D eigenvalue weighted by Crippen LogP contribution is 2.39. The van der Waals surface area contributed by atoms with Crippen molar-refractivity contribution in [2.75, 3.05) is 12.4 Å². The lowest BCUT2D eigenvalue weighted by Gasteiger charge is -2.04. The van der Waals surface area contributed by atoms with E-state index in [1.54, 1.807) is 18.2 Å². The molecule has 0 radical (unpaired) electrons. The Balaban J connectivity index is 1.73. The van der Waals surface area contributed by atoms with Gasteiger partial charge in [0, 0.05) is 15.0 Å². The molecule has 8 heteroatoms. The first-order valence-electron chi connectivity index (χ1n) is 8.45. The number of methoxy groups -OCH3 is 1. The summed E-state index contributed by atoms with van der Waals surface area (Å²) in [5.41, 5.74) is 1.15. The zero-order valence-corrected chi connectivity index (χ0v) is 17.4. The van der Waals surface area contributed by atoms with Gasteiger partial charge in [0.1, 0.15) is 15.7 Å². The van der Waals surface area contributed by atoms with Crippen LogP contribution in [0.15, 0.2) is 54.6 Å². The summed E-state index contributed by atoms with van der Waals surface area (Å²) in [4.78, 5) is 26.1. The SMILES string of the molecule is COC(=O)c1cc(-c2ccccc2)sc1NC(=O)c1sc2cccc(F)c2c1Cl. The minimum absolute atomic E-state index is 0.0556. The van der Waals surface area contributed by atoms with Gasteiger partial charge in [-0.05, 0) is 23.8 Å². The van der Waals surface area contributed by atoms with Gasteiger partial charge in [0.2, 0.25) is 0 Å². The fourth-order valence-electron chi connectivity index (χ4n) is 2.87. The Hall–Kier alpha value is -2.74. The van der Waals surface area contributed by atoms with Crippen LogP contribution in [0.2, 0.25) is 5.02 Å². The molecule has 0 fully saturated rings. The van der Waals surface area contributed by atoms with Crippen molar-refractivity contribution in [3.8, 4) is 10.4 Å². The van der Waals surface area contributed by atoms with Gasteiger partial charge < -0.3 is 10.1 Å². The van der Waals surface area contributed by atoms with Crippen molar-refractivity contribution in [3.63, 3.8) is 0 Å². The molecule has 0 atom stereocenters. The zero-order valence-electron chi connectivity index (χ0n) is 15.0. The van der Waals surface area contributed by atoms with Gasteiger partial charge in [0.05, 0.1) is 17.7 Å². The summed E-state index contributed by atoms with van der Waals surface area (Å²) in [5.74, 6) is -1.56. The third kappa shape index (κ3) is 3.64. The summed E-state index contributed by atoms with van der Waals surface area (Å²) in [6.07, 6.45) is 0. The molecular formula is C21H13ClFNO3S2. The quantitative estimate of drug-likeness (QED) is 0.367. The molecule has 0 bridgehead atoms. The summed E-state index contributed by atoms with van der Waals surface area (Å²) in [5, 5.41) is 3.35. The summed E-state index contributed by atoms with van der Waals surface area (Å²) in [7, 11) is 1.28. The number of carbonyl (C=O) groups is 2. The van der Waals surface area contributed by atoms with Crippen LogP contribution >= 0.6 is 34.3 Å². The number of esters is 1. The van der Waals surface area contributed by atoms with Crippen LogP contribution in [0, 0.1) is 5.82 Å². The van der Waals surface area contributed by atoms with Crippen LogP contribution in [0.25, 0.3) is 20.5 Å². The van der Waals surface area contributed by atoms with Gasteiger partial charge in [-0.15, -0.1) is 22.7 Å². The van der Waals surface area contributed by atoms with E-state index >= 15 is 0 Å². The predicted octanol–water partition coefficient (Wildman–Crippen LogP) is 6.46. The predicted molar refractivity (Wildman–Crippen MR) is 116 cm³/mol. The van der Waals surface area contributed by atoms with E-state index in [9.17, 15) is 14.0 Å². The molecule has 0 saturated heterocycles. The lowest BCUT2D eigenvalue weighted by Crippen LogP contribution is -2.12. The molecule has 0 aliphatic rings. The lowest BCUT2D eigenvalue weighted by atomic mass is 10.1. The summed E-state index contributed by atoms with van der Waals surface area (Å²) in [6, 6.07) is 15.7. The Morgan fingerprint density at radius 2 is 1.83 bits per heavy atom. The molecule has 2 heterocycles. The Bertz CT molecular complexity index is 1230. The van der Waals surface area contributed by atoms with Crippen molar-refractivity contribution in [2.45, 2.75) is 0 Å². The fourth-order valence-corrected chi connectivity index (χ4v) is 5.37. The molecule has 0 spiro atoms. The van der Waals surface area contributed by atoms with Gasteiger partial charge in [0.25, 0.3) is 5.91 Å². The summed E-state index contributed by atoms with van der Waals surface area (Å²) in [6.45, 7) is 0. The number of amides is 1. The highest BCUT2D eigenvalue weighted by molar-refractivity contribution is 7.22. The average Bonchev–Trinajstić information content (AvgIpc) is 3.30. The van der Waals surface area contributed by atoms with Crippen molar-refractivity contribution in [2.24, 2.45) is 0 Å². The van der Waals surface area contributed by atoms with Crippen molar-refractivity contribution in [1.29, 1.82) is 0 Å². The van der Waals surface area contributed by atoms with Crippen LogP contribution in [0.5, 0.6) is 0 Å². The van der Waals surface area contributed by atoms with Gasteiger partial charge in [-0.25, -0.2) is 9.18 Å². The summed E-state index contributed by atoms with van der Waals surface area (Å²) < 4.78 is 19.5. The van der Waals surface area contributed by atoms with Gasteiger partial charge in [-0.2, -0.15) is 0 Å². The molecule has 0 unspecified atom stereocenters. The van der Waals surface area contributed by atoms with Gasteiger partial charge in [-0.1, -0.05) is 48.0 Å². The number of nitrogens with one attached hydrogen (secondary N) is 1. The van der Waals surface area contributed by atoms with E-state index in [0.717, 1.165) is 21.8 Å². The molecule has 4 aromatic rings. The Kier molecular flexibility index (Phi) is 5.36. The molecule has 29 heavy (non-hydrogen) atoms. The van der Waals surface area contributed by atoms with E-state index in [0.29, 0.717) is 9.70 Å². The lowest BCUT2D eigenvalue weighted by molar-refractivity contribution is 0.0602. The van der Waals surface area contributed by atoms with Crippen LogP contribution in [0.3, 0.4) is 0 Å². The second-order valence-electron chi connectivity index (χ2n) is 6.02. The van der Waals surface area contributed by atoms with Crippen LogP contribution in [-0.2, 0) is 4.74 Å². The molecule has 0 aliphatic heterocycles. The molecule has 0 saturated carbocycles. The third-order valence-electron chi connectivity index (χ3n) is 4.24. The number of thiophene rings is 2. The number of hydrogen-bond donors (Lipinski definition) is 1. The smallest absolute Gasteiger partial charge is 0.340 e. The maximum Gasteiger partial charge on any atom is 0.340 e. The molecule has 4 rings (SSSR count). The minimum atomic E-state index is -0.563. The van der Waals surface area contributed by atoms with Gasteiger partial charge in [0.15, 0.2) is 0 Å². The van der Waals surface area contributed by atoms with Crippen molar-refractivity contribution < 1.29 is 18.7 Å². The zero-order chi connectivity index (χ0) is 20.5. The number of anilines is 1. The van der Waals surface area contributed by atoms with Crippen LogP contribution in [-0.4, -0.2) is 19.0 Å². The molecule has 0 aliphatic carbocycles. The first kappa shape index (κ1) is 19.6. The number of fused-ring (bicyclic) bond motifs is 1. The third-order valence-corrected chi connectivity index (χ3v) is 6.98. The second-order valence-corrected chi connectivity index (χ2v) is 8.51. The Morgan fingerprint density at radius 1 is 1.07 bits per heavy atom. The minimum Gasteiger partial charge on any atom is -0.465 e. The van der Waals surface area contributed by atoms with Crippen molar-refractivity contribution >= 4 is 61.2 Å². The largest absolute Gasteiger partial charge is 0.465 e. The molecule has 1 amide bonds. The van der Waals surface area contributed by atoms with Crippen LogP contribution < -0.4 is 5.32 Å². The number of hydrogen-bond acceptors (Lipinski definition) is 5. The summed E-state index contributed by atoms with van der Waals surface area (Å²) >= 11 is 8.62. The van der Waals surface area contributed by atoms with E-state index < -0.39 is 17.7 Å². The Morgan fingerprint density at radius 3 is 2.52 bits per heavy atom. The van der Waals surface area contributed by atoms with Crippen molar-refractivity contribution in [1.82, 2.24) is 0 Å². The number of benzene rings is 2. The Labute approximate surface area is 178 Å². The number of rotatable bonds is 4. The molecule has 146 valence electrons. The number of ether oxygens (including phenoxy) is 1. The fraction of sp³-hybridized carbons (Fsp3) is 0.0476. The van der Waals surface area contributed by atoms with E-state index in [1.165, 1.54) is 24.5 Å². The van der Waals surface area contributed by atoms with E-state index in [2.05, 4.69) is 5.32 Å². The topological polar surface area (TPSA) is 55.4 Å². The van der Waals surface area contributed by atoms with E-state index in [1.807, 2.05) is 30.3 Å². The molecule has 2 aromatic heterocycles. The van der Waals surface area contributed by atoms with Gasteiger partial charge in [-0.3, -0.25) is 4.79 Å². The highest BCUT2D eigenvalue weighted by atomic mass is 35.5. The first-order chi connectivity index (χ1) is 14.0. The van der Waals surface area contributed by atoms with E-state index in [4.69, 9.17) is 16.3 Å². The molecule has 2 aromatic carbocycles. The number of carbonyl (C=O) groups excluding carboxylic acids is 2. The maximum absolute atomic E-state index is 14.1. The van der Waals surface area contributed by atoms with Crippen molar-refractivity contribution in [3.05, 3.63) is 75.9 Å². The second kappa shape index (κ2) is 7.94. The van der Waals surface area contributed by atoms with Crippen LogP contribution in [0.1, 0.15) is 20.0 Å². The average molecular weight is 446 g/mol. The first-order valence-corrected chi connectivity index (χ1v) is 10.5. The molecular weight excluding hydrogens is 433 g/mol. The standard InChI is InChI=1S/C21H13ClFNO3S2/c1-27-21(26)12-10-15(11-6-3-2-4-7-11)29-20(12)24-19(25)18-17(22)16-13(23)8-5-9-14(16)28-18/h2-10H,1H3,(H,24,25). The molecule has 4 nitrogen and oxygen atoms in total. The monoisotopic (exact) mass is 445 g/mol. The highest BCUT2D eigenvalue weighted by Gasteiger charge is 2.23.